The van der Waals surface area contributed by atoms with E-state index in [2.05, 4.69) is 5.32 Å². The average molecular weight is 236 g/mol. The van der Waals surface area contributed by atoms with E-state index in [1.165, 1.54) is 12.1 Å². The summed E-state index contributed by atoms with van der Waals surface area (Å²) in [5.74, 6) is -0.757. The topological polar surface area (TPSA) is 92.4 Å². The summed E-state index contributed by atoms with van der Waals surface area (Å²) < 4.78 is 0. The Morgan fingerprint density at radius 1 is 1.29 bits per heavy atom. The van der Waals surface area contributed by atoms with Crippen molar-refractivity contribution in [3.05, 3.63) is 35.4 Å². The number of carbonyl (C=O) groups is 2. The van der Waals surface area contributed by atoms with Crippen LogP contribution >= 0.6 is 0 Å². The molecule has 0 bridgehead atoms. The molecule has 1 unspecified atom stereocenters. The minimum Gasteiger partial charge on any atom is -0.396 e. The maximum atomic E-state index is 11.7. The summed E-state index contributed by atoms with van der Waals surface area (Å²) in [5, 5.41) is 11.4. The molecule has 5 nitrogen and oxygen atoms in total. The van der Waals surface area contributed by atoms with Crippen LogP contribution in [0.4, 0.5) is 0 Å². The molecule has 0 saturated heterocycles. The molecule has 1 rings (SSSR count). The van der Waals surface area contributed by atoms with Crippen molar-refractivity contribution in [2.24, 2.45) is 5.73 Å². The molecule has 0 fully saturated rings. The van der Waals surface area contributed by atoms with Crippen LogP contribution in [0.15, 0.2) is 24.3 Å². The van der Waals surface area contributed by atoms with Gasteiger partial charge in [-0.15, -0.1) is 0 Å². The first-order valence-corrected chi connectivity index (χ1v) is 5.36. The Morgan fingerprint density at radius 3 is 2.29 bits per heavy atom. The van der Waals surface area contributed by atoms with Gasteiger partial charge in [-0.1, -0.05) is 0 Å². The second-order valence-corrected chi connectivity index (χ2v) is 3.83. The molecular formula is C12H16N2O3. The molecule has 0 aliphatic rings. The van der Waals surface area contributed by atoms with Crippen LogP contribution in [-0.2, 0) is 0 Å². The minimum atomic E-state index is -0.523. The van der Waals surface area contributed by atoms with Crippen molar-refractivity contribution < 1.29 is 14.7 Å². The van der Waals surface area contributed by atoms with Crippen molar-refractivity contribution in [1.29, 1.82) is 0 Å². The van der Waals surface area contributed by atoms with Gasteiger partial charge in [0, 0.05) is 23.8 Å². The van der Waals surface area contributed by atoms with Crippen LogP contribution in [0.1, 0.15) is 34.1 Å². The summed E-state index contributed by atoms with van der Waals surface area (Å²) in [5.41, 5.74) is 5.92. The maximum absolute atomic E-state index is 11.7. The summed E-state index contributed by atoms with van der Waals surface area (Å²) >= 11 is 0. The number of primary amides is 1. The number of nitrogens with two attached hydrogens (primary N) is 1. The largest absolute Gasteiger partial charge is 0.396 e. The number of amides is 2. The maximum Gasteiger partial charge on any atom is 0.251 e. The highest BCUT2D eigenvalue weighted by Gasteiger charge is 2.09. The van der Waals surface area contributed by atoms with E-state index in [-0.39, 0.29) is 18.6 Å². The molecule has 4 N–H and O–H groups in total. The zero-order chi connectivity index (χ0) is 12.8. The zero-order valence-electron chi connectivity index (χ0n) is 9.64. The van der Waals surface area contributed by atoms with Crippen LogP contribution < -0.4 is 11.1 Å². The van der Waals surface area contributed by atoms with Gasteiger partial charge in [0.05, 0.1) is 0 Å². The van der Waals surface area contributed by atoms with Gasteiger partial charge < -0.3 is 16.2 Å². The molecule has 0 spiro atoms. The highest BCUT2D eigenvalue weighted by atomic mass is 16.3. The summed E-state index contributed by atoms with van der Waals surface area (Å²) in [4.78, 5) is 22.5. The number of aliphatic hydroxyl groups excluding tert-OH is 1. The Kier molecular flexibility index (Phi) is 4.66. The van der Waals surface area contributed by atoms with E-state index in [1.807, 2.05) is 6.92 Å². The standard InChI is InChI=1S/C12H16N2O3/c1-8(6-7-15)14-12(17)10-4-2-9(3-5-10)11(13)16/h2-5,8,15H,6-7H2,1H3,(H2,13,16)(H,14,17). The van der Waals surface area contributed by atoms with Gasteiger partial charge in [0.1, 0.15) is 0 Å². The number of carbonyl (C=O) groups excluding carboxylic acids is 2. The number of hydrogen-bond acceptors (Lipinski definition) is 3. The molecule has 0 aliphatic heterocycles. The Morgan fingerprint density at radius 2 is 1.82 bits per heavy atom. The summed E-state index contributed by atoms with van der Waals surface area (Å²) in [7, 11) is 0. The van der Waals surface area contributed by atoms with Gasteiger partial charge in [0.25, 0.3) is 5.91 Å². The molecule has 92 valence electrons. The molecule has 1 aromatic rings. The second kappa shape index (κ2) is 6.00. The van der Waals surface area contributed by atoms with Crippen molar-refractivity contribution in [3.63, 3.8) is 0 Å². The zero-order valence-corrected chi connectivity index (χ0v) is 9.64. The third-order valence-electron chi connectivity index (χ3n) is 2.37. The lowest BCUT2D eigenvalue weighted by Gasteiger charge is -2.12. The van der Waals surface area contributed by atoms with Crippen LogP contribution in [0.25, 0.3) is 0 Å². The molecule has 0 saturated carbocycles. The SMILES string of the molecule is CC(CCO)NC(=O)c1ccc(C(N)=O)cc1. The van der Waals surface area contributed by atoms with E-state index in [0.29, 0.717) is 17.5 Å². The van der Waals surface area contributed by atoms with E-state index < -0.39 is 5.91 Å². The Hall–Kier alpha value is -1.88. The fourth-order valence-corrected chi connectivity index (χ4v) is 1.36. The van der Waals surface area contributed by atoms with Gasteiger partial charge in [0.15, 0.2) is 0 Å². The lowest BCUT2D eigenvalue weighted by molar-refractivity contribution is 0.0932. The van der Waals surface area contributed by atoms with E-state index in [1.54, 1.807) is 12.1 Å². The molecule has 1 atom stereocenters. The fraction of sp³-hybridized carbons (Fsp3) is 0.333. The van der Waals surface area contributed by atoms with Gasteiger partial charge in [-0.25, -0.2) is 0 Å². The van der Waals surface area contributed by atoms with Crippen molar-refractivity contribution in [2.75, 3.05) is 6.61 Å². The third kappa shape index (κ3) is 3.88. The number of aliphatic hydroxyl groups is 1. The van der Waals surface area contributed by atoms with E-state index in [0.717, 1.165) is 0 Å². The van der Waals surface area contributed by atoms with E-state index >= 15 is 0 Å². The van der Waals surface area contributed by atoms with Gasteiger partial charge >= 0.3 is 0 Å². The van der Waals surface area contributed by atoms with Gasteiger partial charge in [-0.3, -0.25) is 9.59 Å². The van der Waals surface area contributed by atoms with Crippen LogP contribution in [-0.4, -0.2) is 29.6 Å². The first-order valence-electron chi connectivity index (χ1n) is 5.36. The van der Waals surface area contributed by atoms with Crippen molar-refractivity contribution in [2.45, 2.75) is 19.4 Å². The molecular weight excluding hydrogens is 220 g/mol. The lowest BCUT2D eigenvalue weighted by atomic mass is 10.1. The third-order valence-corrected chi connectivity index (χ3v) is 2.37. The fourth-order valence-electron chi connectivity index (χ4n) is 1.36. The molecule has 1 aromatic carbocycles. The van der Waals surface area contributed by atoms with Gasteiger partial charge in [0.2, 0.25) is 5.91 Å². The number of nitrogens with one attached hydrogen (secondary N) is 1. The number of benzene rings is 1. The lowest BCUT2D eigenvalue weighted by Crippen LogP contribution is -2.33. The van der Waals surface area contributed by atoms with Crippen LogP contribution in [0, 0.1) is 0 Å². The van der Waals surface area contributed by atoms with E-state index in [4.69, 9.17) is 10.8 Å². The predicted molar refractivity (Wildman–Crippen MR) is 63.6 cm³/mol. The highest BCUT2D eigenvalue weighted by molar-refractivity contribution is 5.97. The van der Waals surface area contributed by atoms with Crippen LogP contribution in [0.5, 0.6) is 0 Å². The van der Waals surface area contributed by atoms with Crippen LogP contribution in [0.3, 0.4) is 0 Å². The van der Waals surface area contributed by atoms with Crippen molar-refractivity contribution in [3.8, 4) is 0 Å². The number of hydrogen-bond donors (Lipinski definition) is 3. The van der Waals surface area contributed by atoms with Gasteiger partial charge in [-0.2, -0.15) is 0 Å². The second-order valence-electron chi connectivity index (χ2n) is 3.83. The summed E-state index contributed by atoms with van der Waals surface area (Å²) in [6.45, 7) is 1.84. The number of rotatable bonds is 5. The molecule has 5 heteroatoms. The Labute approximate surface area is 99.6 Å². The smallest absolute Gasteiger partial charge is 0.251 e. The Bertz CT molecular complexity index is 401. The quantitative estimate of drug-likeness (QED) is 0.686. The van der Waals surface area contributed by atoms with Crippen molar-refractivity contribution >= 4 is 11.8 Å². The molecule has 0 aliphatic carbocycles. The molecule has 0 aromatic heterocycles. The monoisotopic (exact) mass is 236 g/mol. The molecule has 2 amide bonds. The van der Waals surface area contributed by atoms with Crippen molar-refractivity contribution in [1.82, 2.24) is 5.32 Å². The van der Waals surface area contributed by atoms with Crippen LogP contribution in [0.2, 0.25) is 0 Å². The predicted octanol–water partition coefficient (Wildman–Crippen LogP) is 0.286. The Balaban J connectivity index is 2.66. The average Bonchev–Trinajstić information content (AvgIpc) is 2.29. The molecule has 17 heavy (non-hydrogen) atoms. The summed E-state index contributed by atoms with van der Waals surface area (Å²) in [6, 6.07) is 6.01. The molecule has 0 heterocycles. The van der Waals surface area contributed by atoms with E-state index in [9.17, 15) is 9.59 Å². The highest BCUT2D eigenvalue weighted by Crippen LogP contribution is 2.04. The first kappa shape index (κ1) is 13.2. The molecule has 0 radical (unpaired) electrons. The summed E-state index contributed by atoms with van der Waals surface area (Å²) in [6.07, 6.45) is 0.505. The normalized spacial score (nSPS) is 11.9. The van der Waals surface area contributed by atoms with Gasteiger partial charge in [-0.05, 0) is 37.6 Å². The minimum absolute atomic E-state index is 0.0298. The first-order chi connectivity index (χ1) is 8.04.